The Morgan fingerprint density at radius 3 is 2.34 bits per heavy atom. The molecular weight excluding hydrogens is 447 g/mol. The minimum absolute atomic E-state index is 0.158. The molecule has 0 spiro atoms. The van der Waals surface area contributed by atoms with Crippen molar-refractivity contribution in [3.8, 4) is 11.5 Å². The van der Waals surface area contributed by atoms with E-state index in [1.54, 1.807) is 24.3 Å². The van der Waals surface area contributed by atoms with E-state index in [0.717, 1.165) is 57.6 Å². The van der Waals surface area contributed by atoms with E-state index in [2.05, 4.69) is 52.5 Å². The number of ether oxygens (including phenoxy) is 2. The molecule has 1 saturated heterocycles. The molecule has 35 heavy (non-hydrogen) atoms. The average molecular weight is 485 g/mol. The van der Waals surface area contributed by atoms with Crippen molar-refractivity contribution in [3.05, 3.63) is 48.5 Å². The summed E-state index contributed by atoms with van der Waals surface area (Å²) in [4.78, 5) is 17.4. The van der Waals surface area contributed by atoms with Crippen molar-refractivity contribution >= 4 is 17.4 Å². The van der Waals surface area contributed by atoms with E-state index in [1.165, 1.54) is 5.69 Å². The number of hydrogen-bond acceptors (Lipinski definition) is 5. The second-order valence-corrected chi connectivity index (χ2v) is 9.54. The fraction of sp³-hybridized carbons (Fsp3) is 0.519. The van der Waals surface area contributed by atoms with Gasteiger partial charge in [-0.15, -0.1) is 0 Å². The highest BCUT2D eigenvalue weighted by atomic mass is 19.1. The standard InChI is InChI=1S/C27H37FN4O3/c1-20(2)35-26-6-4-3-5-25(26)32-17-15-31(16-18-32)23-11-7-21(8-12-23)29-27(33)30-22-9-13-24(14-10-22)34-19-28/h3-6,9-10,13-14,20-21,23H,7-8,11-12,15-19H2,1-2H3,(H2,29,30,33). The van der Waals surface area contributed by atoms with Gasteiger partial charge in [-0.25, -0.2) is 9.18 Å². The summed E-state index contributed by atoms with van der Waals surface area (Å²) in [5.74, 6) is 1.40. The maximum Gasteiger partial charge on any atom is 0.319 e. The van der Waals surface area contributed by atoms with Gasteiger partial charge in [0.05, 0.1) is 11.8 Å². The zero-order chi connectivity index (χ0) is 24.6. The van der Waals surface area contributed by atoms with Crippen LogP contribution in [0.5, 0.6) is 11.5 Å². The first-order chi connectivity index (χ1) is 17.0. The van der Waals surface area contributed by atoms with E-state index in [-0.39, 0.29) is 18.2 Å². The fourth-order valence-electron chi connectivity index (χ4n) is 5.04. The quantitative estimate of drug-likeness (QED) is 0.550. The summed E-state index contributed by atoms with van der Waals surface area (Å²) >= 11 is 0. The Hall–Kier alpha value is -3.00. The third-order valence-corrected chi connectivity index (χ3v) is 6.76. The van der Waals surface area contributed by atoms with Crippen LogP contribution in [0, 0.1) is 0 Å². The first kappa shape index (κ1) is 25.1. The first-order valence-corrected chi connectivity index (χ1v) is 12.6. The summed E-state index contributed by atoms with van der Waals surface area (Å²) in [7, 11) is 0. The van der Waals surface area contributed by atoms with Crippen LogP contribution >= 0.6 is 0 Å². The van der Waals surface area contributed by atoms with Crippen molar-refractivity contribution in [3.63, 3.8) is 0 Å². The lowest BCUT2D eigenvalue weighted by Gasteiger charge is -2.43. The van der Waals surface area contributed by atoms with E-state index in [9.17, 15) is 9.18 Å². The largest absolute Gasteiger partial charge is 0.489 e. The van der Waals surface area contributed by atoms with Gasteiger partial charge in [-0.05, 0) is 75.9 Å². The molecule has 190 valence electrons. The lowest BCUT2D eigenvalue weighted by atomic mass is 9.90. The predicted octanol–water partition coefficient (Wildman–Crippen LogP) is 5.03. The molecule has 0 radical (unpaired) electrons. The number of carbonyl (C=O) groups excluding carboxylic acids is 1. The second kappa shape index (κ2) is 12.1. The molecule has 2 aromatic carbocycles. The van der Waals surface area contributed by atoms with E-state index in [1.807, 2.05) is 6.07 Å². The monoisotopic (exact) mass is 484 g/mol. The Labute approximate surface area is 207 Å². The van der Waals surface area contributed by atoms with E-state index in [0.29, 0.717) is 17.5 Å². The van der Waals surface area contributed by atoms with Gasteiger partial charge in [-0.3, -0.25) is 4.90 Å². The Bertz CT molecular complexity index is 940. The van der Waals surface area contributed by atoms with Gasteiger partial charge in [-0.1, -0.05) is 12.1 Å². The zero-order valence-corrected chi connectivity index (χ0v) is 20.7. The summed E-state index contributed by atoms with van der Waals surface area (Å²) in [5, 5.41) is 5.94. The third-order valence-electron chi connectivity index (χ3n) is 6.76. The van der Waals surface area contributed by atoms with Crippen LogP contribution in [-0.2, 0) is 0 Å². The van der Waals surface area contributed by atoms with E-state index in [4.69, 9.17) is 9.47 Å². The van der Waals surface area contributed by atoms with Crippen LogP contribution in [0.1, 0.15) is 39.5 Å². The molecule has 2 N–H and O–H groups in total. The number of benzene rings is 2. The number of alkyl halides is 1. The molecule has 0 unspecified atom stereocenters. The summed E-state index contributed by atoms with van der Waals surface area (Å²) in [6.45, 7) is 7.33. The van der Waals surface area contributed by atoms with Crippen LogP contribution in [0.2, 0.25) is 0 Å². The van der Waals surface area contributed by atoms with Gasteiger partial charge in [-0.2, -0.15) is 0 Å². The van der Waals surface area contributed by atoms with Crippen LogP contribution < -0.4 is 25.0 Å². The minimum Gasteiger partial charge on any atom is -0.489 e. The zero-order valence-electron chi connectivity index (χ0n) is 20.7. The Kier molecular flexibility index (Phi) is 8.69. The van der Waals surface area contributed by atoms with Gasteiger partial charge in [0.2, 0.25) is 6.86 Å². The highest BCUT2D eigenvalue weighted by molar-refractivity contribution is 5.89. The number of anilines is 2. The average Bonchev–Trinajstić information content (AvgIpc) is 2.86. The van der Waals surface area contributed by atoms with Gasteiger partial charge >= 0.3 is 6.03 Å². The number of amides is 2. The van der Waals surface area contributed by atoms with Crippen molar-refractivity contribution in [2.45, 2.75) is 57.7 Å². The first-order valence-electron chi connectivity index (χ1n) is 12.6. The fourth-order valence-corrected chi connectivity index (χ4v) is 5.04. The van der Waals surface area contributed by atoms with Crippen LogP contribution in [0.4, 0.5) is 20.6 Å². The molecule has 2 amide bonds. The topological polar surface area (TPSA) is 66.1 Å². The number of urea groups is 1. The Morgan fingerprint density at radius 2 is 1.69 bits per heavy atom. The lowest BCUT2D eigenvalue weighted by molar-refractivity contribution is 0.137. The van der Waals surface area contributed by atoms with E-state index >= 15 is 0 Å². The van der Waals surface area contributed by atoms with Crippen molar-refractivity contribution < 1.29 is 18.7 Å². The summed E-state index contributed by atoms with van der Waals surface area (Å²) in [5.41, 5.74) is 1.84. The number of hydrogen-bond donors (Lipinski definition) is 2. The van der Waals surface area contributed by atoms with Gasteiger partial charge in [0, 0.05) is 44.0 Å². The van der Waals surface area contributed by atoms with Gasteiger partial charge in [0.15, 0.2) is 0 Å². The van der Waals surface area contributed by atoms with Gasteiger partial charge in [0.1, 0.15) is 11.5 Å². The Morgan fingerprint density at radius 1 is 1.00 bits per heavy atom. The molecule has 1 aliphatic heterocycles. The van der Waals surface area contributed by atoms with E-state index < -0.39 is 6.86 Å². The SMILES string of the molecule is CC(C)Oc1ccccc1N1CCN(C2CCC(NC(=O)Nc3ccc(OCF)cc3)CC2)CC1. The molecule has 1 heterocycles. The number of nitrogens with zero attached hydrogens (tertiary/aromatic N) is 2. The molecule has 1 aliphatic carbocycles. The van der Waals surface area contributed by atoms with Gasteiger partial charge in [0.25, 0.3) is 0 Å². The predicted molar refractivity (Wildman–Crippen MR) is 137 cm³/mol. The number of rotatable bonds is 8. The number of carbonyl (C=O) groups is 1. The number of nitrogens with one attached hydrogen (secondary N) is 2. The normalized spacial score (nSPS) is 21.0. The van der Waals surface area contributed by atoms with Crippen LogP contribution in [0.15, 0.2) is 48.5 Å². The third kappa shape index (κ3) is 7.01. The van der Waals surface area contributed by atoms with Crippen molar-refractivity contribution in [1.82, 2.24) is 10.2 Å². The highest BCUT2D eigenvalue weighted by Gasteiger charge is 2.29. The van der Waals surface area contributed by atoms with Crippen LogP contribution in [-0.4, -0.2) is 62.2 Å². The van der Waals surface area contributed by atoms with Crippen molar-refractivity contribution in [2.75, 3.05) is 43.3 Å². The number of piperazine rings is 1. The van der Waals surface area contributed by atoms with Crippen LogP contribution in [0.25, 0.3) is 0 Å². The molecule has 0 atom stereocenters. The van der Waals surface area contributed by atoms with Gasteiger partial charge < -0.3 is 25.0 Å². The second-order valence-electron chi connectivity index (χ2n) is 9.54. The molecule has 4 rings (SSSR count). The summed E-state index contributed by atoms with van der Waals surface area (Å²) in [6, 6.07) is 15.5. The lowest BCUT2D eigenvalue weighted by Crippen LogP contribution is -2.52. The maximum atomic E-state index is 12.4. The molecule has 2 aromatic rings. The molecule has 8 heteroatoms. The van der Waals surface area contributed by atoms with Crippen LogP contribution in [0.3, 0.4) is 0 Å². The minimum atomic E-state index is -0.868. The smallest absolute Gasteiger partial charge is 0.319 e. The van der Waals surface area contributed by atoms with Crippen molar-refractivity contribution in [2.24, 2.45) is 0 Å². The highest BCUT2D eigenvalue weighted by Crippen LogP contribution is 2.31. The summed E-state index contributed by atoms with van der Waals surface area (Å²) in [6.07, 6.45) is 4.30. The Balaban J connectivity index is 1.20. The summed E-state index contributed by atoms with van der Waals surface area (Å²) < 4.78 is 23.0. The maximum absolute atomic E-state index is 12.4. The molecule has 0 aromatic heterocycles. The number of halogens is 1. The molecule has 0 bridgehead atoms. The number of para-hydroxylation sites is 2. The molecule has 1 saturated carbocycles. The molecule has 2 aliphatic rings. The molecular formula is C27H37FN4O3. The molecule has 2 fully saturated rings. The molecule has 7 nitrogen and oxygen atoms in total. The van der Waals surface area contributed by atoms with Crippen molar-refractivity contribution in [1.29, 1.82) is 0 Å².